The Morgan fingerprint density at radius 2 is 1.78 bits per heavy atom. The minimum absolute atomic E-state index is 0.880. The summed E-state index contributed by atoms with van der Waals surface area (Å²) in [5.74, 6) is 1.76. The van der Waals surface area contributed by atoms with Crippen molar-refractivity contribution < 1.29 is 14.0 Å². The van der Waals surface area contributed by atoms with Crippen molar-refractivity contribution in [1.29, 1.82) is 0 Å². The highest BCUT2D eigenvalue weighted by atomic mass is 32.2. The standard InChI is InChI=1S/C21H21N2O2S2/c1-22-16-12-14(24-3)8-10-18(16)26-20(22)6-5-7-21-23(2)17-13-15(25-4)9-11-19(17)27-21/h5-13H,1-4H3/q+1. The van der Waals surface area contributed by atoms with Crippen LogP contribution in [-0.2, 0) is 7.05 Å². The smallest absolute Gasteiger partial charge is 0.262 e. The van der Waals surface area contributed by atoms with E-state index in [2.05, 4.69) is 66.1 Å². The first kappa shape index (κ1) is 17.9. The molecule has 0 spiro atoms. The zero-order valence-electron chi connectivity index (χ0n) is 15.7. The molecule has 0 bridgehead atoms. The maximum absolute atomic E-state index is 5.34. The van der Waals surface area contributed by atoms with Gasteiger partial charge in [-0.3, -0.25) is 0 Å². The Kier molecular flexibility index (Phi) is 4.85. The first-order valence-electron chi connectivity index (χ1n) is 8.55. The Bertz CT molecular complexity index is 1070. The highest BCUT2D eigenvalue weighted by molar-refractivity contribution is 8.03. The molecule has 27 heavy (non-hydrogen) atoms. The van der Waals surface area contributed by atoms with Crippen molar-refractivity contribution in [2.75, 3.05) is 26.2 Å². The van der Waals surface area contributed by atoms with Gasteiger partial charge in [-0.2, -0.15) is 4.57 Å². The summed E-state index contributed by atoms with van der Waals surface area (Å²) < 4.78 is 14.1. The third kappa shape index (κ3) is 3.31. The van der Waals surface area contributed by atoms with Gasteiger partial charge in [0, 0.05) is 24.1 Å². The van der Waals surface area contributed by atoms with E-state index in [1.807, 2.05) is 12.1 Å². The van der Waals surface area contributed by atoms with Crippen molar-refractivity contribution in [3.63, 3.8) is 0 Å². The molecule has 0 saturated carbocycles. The fourth-order valence-corrected chi connectivity index (χ4v) is 5.14. The number of anilines is 1. The van der Waals surface area contributed by atoms with Crippen molar-refractivity contribution in [3.05, 3.63) is 58.6 Å². The molecule has 1 aliphatic heterocycles. The van der Waals surface area contributed by atoms with E-state index in [1.165, 1.54) is 30.8 Å². The van der Waals surface area contributed by atoms with Crippen LogP contribution in [0.1, 0.15) is 5.01 Å². The number of allylic oxidation sites excluding steroid dienone is 2. The fourth-order valence-electron chi connectivity index (χ4n) is 3.05. The molecule has 0 atom stereocenters. The summed E-state index contributed by atoms with van der Waals surface area (Å²) in [6, 6.07) is 12.4. The van der Waals surface area contributed by atoms with Crippen LogP contribution in [0, 0.1) is 0 Å². The second-order valence-corrected chi connectivity index (χ2v) is 8.32. The van der Waals surface area contributed by atoms with Gasteiger partial charge in [0.05, 0.1) is 31.0 Å². The fraction of sp³-hybridized carbons (Fsp3) is 0.190. The topological polar surface area (TPSA) is 25.6 Å². The molecule has 1 aromatic heterocycles. The maximum Gasteiger partial charge on any atom is 0.262 e. The summed E-state index contributed by atoms with van der Waals surface area (Å²) in [7, 11) is 7.57. The van der Waals surface area contributed by atoms with Gasteiger partial charge < -0.3 is 14.4 Å². The van der Waals surface area contributed by atoms with Crippen molar-refractivity contribution >= 4 is 45.1 Å². The van der Waals surface area contributed by atoms with Gasteiger partial charge in [-0.05, 0) is 30.3 Å². The molecule has 0 amide bonds. The molecule has 0 unspecified atom stereocenters. The lowest BCUT2D eigenvalue weighted by atomic mass is 10.3. The first-order valence-corrected chi connectivity index (χ1v) is 10.2. The second kappa shape index (κ2) is 7.29. The Labute approximate surface area is 167 Å². The van der Waals surface area contributed by atoms with Crippen LogP contribution >= 0.6 is 23.1 Å². The van der Waals surface area contributed by atoms with Crippen molar-refractivity contribution in [3.8, 4) is 11.5 Å². The number of thioether (sulfide) groups is 1. The highest BCUT2D eigenvalue weighted by Crippen LogP contribution is 2.46. The van der Waals surface area contributed by atoms with Crippen LogP contribution in [0.4, 0.5) is 5.69 Å². The molecule has 0 saturated heterocycles. The number of methoxy groups -OCH3 is 2. The minimum Gasteiger partial charge on any atom is -0.497 e. The van der Waals surface area contributed by atoms with Crippen LogP contribution < -0.4 is 18.9 Å². The van der Waals surface area contributed by atoms with Crippen molar-refractivity contribution in [2.24, 2.45) is 7.05 Å². The van der Waals surface area contributed by atoms with Crippen molar-refractivity contribution in [2.45, 2.75) is 4.90 Å². The van der Waals surface area contributed by atoms with Gasteiger partial charge in [0.25, 0.3) is 5.01 Å². The summed E-state index contributed by atoms with van der Waals surface area (Å²) in [6.45, 7) is 0. The molecule has 4 rings (SSSR count). The van der Waals surface area contributed by atoms with E-state index in [0.29, 0.717) is 0 Å². The summed E-state index contributed by atoms with van der Waals surface area (Å²) in [5.41, 5.74) is 2.36. The number of hydrogen-bond acceptors (Lipinski definition) is 5. The van der Waals surface area contributed by atoms with E-state index in [1.54, 1.807) is 37.3 Å². The van der Waals surface area contributed by atoms with Crippen LogP contribution in [0.15, 0.2) is 58.5 Å². The summed E-state index contributed by atoms with van der Waals surface area (Å²) in [5, 5.41) is 2.39. The number of fused-ring (bicyclic) bond motifs is 2. The highest BCUT2D eigenvalue weighted by Gasteiger charge is 2.22. The van der Waals surface area contributed by atoms with Crippen LogP contribution in [-0.4, -0.2) is 21.3 Å². The van der Waals surface area contributed by atoms with Gasteiger partial charge in [0.1, 0.15) is 23.2 Å². The predicted molar refractivity (Wildman–Crippen MR) is 114 cm³/mol. The van der Waals surface area contributed by atoms with Gasteiger partial charge in [0.15, 0.2) is 0 Å². The van der Waals surface area contributed by atoms with E-state index in [9.17, 15) is 0 Å². The summed E-state index contributed by atoms with van der Waals surface area (Å²) in [6.07, 6.45) is 6.42. The molecule has 138 valence electrons. The number of thiazole rings is 1. The van der Waals surface area contributed by atoms with Gasteiger partial charge in [-0.1, -0.05) is 29.2 Å². The van der Waals surface area contributed by atoms with Gasteiger partial charge in [0.2, 0.25) is 5.52 Å². The molecule has 6 heteroatoms. The monoisotopic (exact) mass is 397 g/mol. The van der Waals surface area contributed by atoms with Crippen LogP contribution in [0.2, 0.25) is 0 Å². The number of rotatable bonds is 4. The third-order valence-electron chi connectivity index (χ3n) is 4.62. The molecule has 0 N–H and O–H groups in total. The summed E-state index contributed by atoms with van der Waals surface area (Å²) >= 11 is 3.55. The van der Waals surface area contributed by atoms with E-state index in [-0.39, 0.29) is 0 Å². The Balaban J connectivity index is 1.59. The van der Waals surface area contributed by atoms with E-state index in [4.69, 9.17) is 9.47 Å². The largest absolute Gasteiger partial charge is 0.497 e. The van der Waals surface area contributed by atoms with Crippen molar-refractivity contribution in [1.82, 2.24) is 0 Å². The zero-order valence-corrected chi connectivity index (χ0v) is 17.4. The number of benzene rings is 2. The third-order valence-corrected chi connectivity index (χ3v) is 6.99. The van der Waals surface area contributed by atoms with Crippen LogP contribution in [0.3, 0.4) is 0 Å². The lowest BCUT2D eigenvalue weighted by molar-refractivity contribution is -0.642. The quantitative estimate of drug-likeness (QED) is 0.588. The van der Waals surface area contributed by atoms with Crippen LogP contribution in [0.5, 0.6) is 11.5 Å². The Morgan fingerprint density at radius 3 is 2.56 bits per heavy atom. The predicted octanol–water partition coefficient (Wildman–Crippen LogP) is 4.84. The van der Waals surface area contributed by atoms with Gasteiger partial charge in [-0.25, -0.2) is 0 Å². The lowest BCUT2D eigenvalue weighted by Gasteiger charge is -2.13. The molecule has 0 fully saturated rings. The van der Waals surface area contributed by atoms with E-state index in [0.717, 1.165) is 11.5 Å². The first-order chi connectivity index (χ1) is 13.1. The molecule has 3 aromatic rings. The molecular formula is C21H21N2O2S2+. The Morgan fingerprint density at radius 1 is 1.04 bits per heavy atom. The molecule has 0 aliphatic carbocycles. The number of nitrogens with zero attached hydrogens (tertiary/aromatic N) is 2. The molecule has 2 aromatic carbocycles. The molecular weight excluding hydrogens is 376 g/mol. The number of aromatic nitrogens is 1. The molecule has 2 heterocycles. The SMILES string of the molecule is COc1ccc2c(c1)N(C)/C(=C/C=C/c1sc3ccc(OC)cc3[n+]1C)S2. The second-order valence-electron chi connectivity index (χ2n) is 6.19. The van der Waals surface area contributed by atoms with Gasteiger partial charge >= 0.3 is 0 Å². The van der Waals surface area contributed by atoms with E-state index < -0.39 is 0 Å². The molecule has 1 aliphatic rings. The summed E-state index contributed by atoms with van der Waals surface area (Å²) in [4.78, 5) is 3.44. The van der Waals surface area contributed by atoms with Gasteiger partial charge in [-0.15, -0.1) is 0 Å². The lowest BCUT2D eigenvalue weighted by Crippen LogP contribution is -2.28. The maximum atomic E-state index is 5.34. The normalized spacial score (nSPS) is 15.1. The number of ether oxygens (including phenoxy) is 2. The minimum atomic E-state index is 0.880. The van der Waals surface area contributed by atoms with E-state index >= 15 is 0 Å². The number of aryl methyl sites for hydroxylation is 1. The average Bonchev–Trinajstić information content (AvgIpc) is 3.18. The molecule has 0 radical (unpaired) electrons. The zero-order chi connectivity index (χ0) is 19.0. The number of hydrogen-bond donors (Lipinski definition) is 0. The Hall–Kier alpha value is -2.44. The molecule has 4 nitrogen and oxygen atoms in total. The van der Waals surface area contributed by atoms with Crippen LogP contribution in [0.25, 0.3) is 16.3 Å². The average molecular weight is 398 g/mol.